The fourth-order valence-corrected chi connectivity index (χ4v) is 4.75. The Hall–Kier alpha value is -3.07. The molecule has 2 aliphatic heterocycles. The number of methoxy groups -OCH3 is 1. The maximum atomic E-state index is 12.8. The Bertz CT molecular complexity index is 1010. The standard InChI is InChI=1S/C25H35N5O4/c1-18-15-22(30(26-18)19-9-7-6-8-10-19)28-13-11-27(12-14-28)20-16-21(23(31)33-5)29(17-20)24(32)34-25(2,3)4/h6-10,15,20-21H,11-14,16-17H2,1-5H3/t20-,21+/m1/s1. The zero-order chi connectivity index (χ0) is 24.5. The normalized spacial score (nSPS) is 21.6. The van der Waals surface area contributed by atoms with Crippen LogP contribution in [-0.4, -0.2) is 89.2 Å². The number of nitrogens with zero attached hydrogens (tertiary/aromatic N) is 5. The summed E-state index contributed by atoms with van der Waals surface area (Å²) < 4.78 is 12.5. The number of hydrogen-bond acceptors (Lipinski definition) is 7. The van der Waals surface area contributed by atoms with Gasteiger partial charge in [-0.15, -0.1) is 0 Å². The number of anilines is 1. The van der Waals surface area contributed by atoms with Crippen molar-refractivity contribution < 1.29 is 19.1 Å². The van der Waals surface area contributed by atoms with Gasteiger partial charge in [-0.2, -0.15) is 5.10 Å². The average molecular weight is 470 g/mol. The third-order valence-corrected chi connectivity index (χ3v) is 6.35. The Morgan fingerprint density at radius 3 is 2.35 bits per heavy atom. The van der Waals surface area contributed by atoms with Crippen LogP contribution in [0.25, 0.3) is 5.69 Å². The predicted octanol–water partition coefficient (Wildman–Crippen LogP) is 2.85. The van der Waals surface area contributed by atoms with Crippen LogP contribution in [0, 0.1) is 6.92 Å². The van der Waals surface area contributed by atoms with Gasteiger partial charge in [-0.25, -0.2) is 14.3 Å². The molecule has 1 aromatic carbocycles. The van der Waals surface area contributed by atoms with Crippen LogP contribution in [0.15, 0.2) is 36.4 Å². The topological polar surface area (TPSA) is 80.1 Å². The summed E-state index contributed by atoms with van der Waals surface area (Å²) in [5.74, 6) is 0.687. The van der Waals surface area contributed by atoms with Crippen molar-refractivity contribution in [3.63, 3.8) is 0 Å². The summed E-state index contributed by atoms with van der Waals surface area (Å²) in [6, 6.07) is 11.7. The average Bonchev–Trinajstić information content (AvgIpc) is 3.42. The molecule has 0 N–H and O–H groups in total. The number of carbonyl (C=O) groups is 2. The van der Waals surface area contributed by atoms with E-state index in [1.165, 1.54) is 12.0 Å². The van der Waals surface area contributed by atoms with Crippen LogP contribution in [0.3, 0.4) is 0 Å². The number of aryl methyl sites for hydroxylation is 1. The van der Waals surface area contributed by atoms with E-state index in [1.807, 2.05) is 50.6 Å². The minimum Gasteiger partial charge on any atom is -0.467 e. The van der Waals surface area contributed by atoms with E-state index in [9.17, 15) is 9.59 Å². The first kappa shape index (κ1) is 24.1. The largest absolute Gasteiger partial charge is 0.467 e. The lowest BCUT2D eigenvalue weighted by Gasteiger charge is -2.38. The lowest BCUT2D eigenvalue weighted by atomic mass is 10.1. The second-order valence-electron chi connectivity index (χ2n) is 9.98. The molecule has 0 radical (unpaired) electrons. The van der Waals surface area contributed by atoms with Crippen LogP contribution in [0.4, 0.5) is 10.6 Å². The molecule has 2 fully saturated rings. The number of para-hydroxylation sites is 1. The van der Waals surface area contributed by atoms with Gasteiger partial charge in [-0.05, 0) is 46.2 Å². The van der Waals surface area contributed by atoms with Gasteiger partial charge in [0.2, 0.25) is 0 Å². The fourth-order valence-electron chi connectivity index (χ4n) is 4.75. The molecular weight excluding hydrogens is 434 g/mol. The smallest absolute Gasteiger partial charge is 0.411 e. The molecule has 9 heteroatoms. The van der Waals surface area contributed by atoms with Crippen molar-refractivity contribution in [2.75, 3.05) is 44.7 Å². The van der Waals surface area contributed by atoms with Crippen molar-refractivity contribution >= 4 is 17.9 Å². The Labute approximate surface area is 201 Å². The minimum atomic E-state index is -0.624. The van der Waals surface area contributed by atoms with Gasteiger partial charge in [0.05, 0.1) is 18.5 Å². The molecule has 9 nitrogen and oxygen atoms in total. The summed E-state index contributed by atoms with van der Waals surface area (Å²) in [6.07, 6.45) is 0.0822. The molecule has 2 saturated heterocycles. The Balaban J connectivity index is 1.44. The number of likely N-dealkylation sites (tertiary alicyclic amines) is 1. The van der Waals surface area contributed by atoms with Crippen molar-refractivity contribution in [2.45, 2.75) is 51.8 Å². The van der Waals surface area contributed by atoms with Crippen molar-refractivity contribution in [1.29, 1.82) is 0 Å². The molecule has 4 rings (SSSR count). The molecule has 2 aromatic rings. The SMILES string of the molecule is COC(=O)[C@@H]1C[C@@H](N2CCN(c3cc(C)nn3-c3ccccc3)CC2)CN1C(=O)OC(C)(C)C. The fraction of sp³-hybridized carbons (Fsp3) is 0.560. The number of rotatable bonds is 4. The summed E-state index contributed by atoms with van der Waals surface area (Å²) in [7, 11) is 1.36. The monoisotopic (exact) mass is 469 g/mol. The molecule has 3 heterocycles. The number of ether oxygens (including phenoxy) is 2. The first-order valence-corrected chi connectivity index (χ1v) is 11.8. The van der Waals surface area contributed by atoms with Crippen molar-refractivity contribution in [3.8, 4) is 5.69 Å². The number of carbonyl (C=O) groups excluding carboxylic acids is 2. The molecular formula is C25H35N5O4. The second kappa shape index (κ2) is 9.66. The van der Waals surface area contributed by atoms with Crippen LogP contribution >= 0.6 is 0 Å². The van der Waals surface area contributed by atoms with Gasteiger partial charge in [-0.3, -0.25) is 9.80 Å². The van der Waals surface area contributed by atoms with Crippen molar-refractivity contribution in [2.24, 2.45) is 0 Å². The lowest BCUT2D eigenvalue weighted by Crippen LogP contribution is -2.51. The van der Waals surface area contributed by atoms with E-state index in [2.05, 4.69) is 28.0 Å². The van der Waals surface area contributed by atoms with Crippen LogP contribution in [0.1, 0.15) is 32.9 Å². The van der Waals surface area contributed by atoms with Crippen molar-refractivity contribution in [1.82, 2.24) is 19.6 Å². The number of aromatic nitrogens is 2. The van der Waals surface area contributed by atoms with Crippen LogP contribution in [0.2, 0.25) is 0 Å². The van der Waals surface area contributed by atoms with Crippen LogP contribution in [-0.2, 0) is 14.3 Å². The van der Waals surface area contributed by atoms with E-state index < -0.39 is 23.7 Å². The Morgan fingerprint density at radius 2 is 1.74 bits per heavy atom. The van der Waals surface area contributed by atoms with Gasteiger partial charge < -0.3 is 14.4 Å². The third-order valence-electron chi connectivity index (χ3n) is 6.35. The molecule has 0 aliphatic carbocycles. The summed E-state index contributed by atoms with van der Waals surface area (Å²) in [5.41, 5.74) is 1.39. The van der Waals surface area contributed by atoms with E-state index >= 15 is 0 Å². The maximum absolute atomic E-state index is 12.8. The first-order chi connectivity index (χ1) is 16.2. The highest BCUT2D eigenvalue weighted by Gasteiger charge is 2.44. The molecule has 0 spiro atoms. The predicted molar refractivity (Wildman–Crippen MR) is 129 cm³/mol. The molecule has 184 valence electrons. The number of piperazine rings is 1. The van der Waals surface area contributed by atoms with Gasteiger partial charge in [-0.1, -0.05) is 18.2 Å². The number of hydrogen-bond donors (Lipinski definition) is 0. The maximum Gasteiger partial charge on any atom is 0.411 e. The molecule has 2 aliphatic rings. The highest BCUT2D eigenvalue weighted by Crippen LogP contribution is 2.28. The minimum absolute atomic E-state index is 0.0829. The van der Waals surface area contributed by atoms with Crippen LogP contribution in [0.5, 0.6) is 0 Å². The molecule has 34 heavy (non-hydrogen) atoms. The van der Waals surface area contributed by atoms with Gasteiger partial charge in [0.15, 0.2) is 0 Å². The highest BCUT2D eigenvalue weighted by atomic mass is 16.6. The summed E-state index contributed by atoms with van der Waals surface area (Å²) in [6.45, 7) is 11.3. The van der Waals surface area contributed by atoms with E-state index in [4.69, 9.17) is 14.6 Å². The summed E-state index contributed by atoms with van der Waals surface area (Å²) in [5, 5.41) is 4.70. The molecule has 2 atom stereocenters. The summed E-state index contributed by atoms with van der Waals surface area (Å²) >= 11 is 0. The number of amides is 1. The van der Waals surface area contributed by atoms with Gasteiger partial charge in [0, 0.05) is 44.8 Å². The zero-order valence-corrected chi connectivity index (χ0v) is 20.7. The molecule has 0 saturated carbocycles. The molecule has 1 amide bonds. The lowest BCUT2D eigenvalue weighted by molar-refractivity contribution is -0.145. The molecule has 1 aromatic heterocycles. The third kappa shape index (κ3) is 5.19. The van der Waals surface area contributed by atoms with E-state index in [0.717, 1.165) is 43.4 Å². The van der Waals surface area contributed by atoms with E-state index in [-0.39, 0.29) is 6.04 Å². The quantitative estimate of drug-likeness (QED) is 0.637. The zero-order valence-electron chi connectivity index (χ0n) is 20.7. The van der Waals surface area contributed by atoms with E-state index in [1.54, 1.807) is 0 Å². The Kier molecular flexibility index (Phi) is 6.84. The molecule has 0 bridgehead atoms. The Morgan fingerprint density at radius 1 is 1.06 bits per heavy atom. The second-order valence-corrected chi connectivity index (χ2v) is 9.98. The van der Waals surface area contributed by atoms with Crippen molar-refractivity contribution in [3.05, 3.63) is 42.1 Å². The number of esters is 1. The van der Waals surface area contributed by atoms with Gasteiger partial charge in [0.25, 0.3) is 0 Å². The van der Waals surface area contributed by atoms with Gasteiger partial charge >= 0.3 is 12.1 Å². The summed E-state index contributed by atoms with van der Waals surface area (Å²) in [4.78, 5) is 31.5. The van der Waals surface area contributed by atoms with Crippen LogP contribution < -0.4 is 4.90 Å². The molecule has 0 unspecified atom stereocenters. The first-order valence-electron chi connectivity index (χ1n) is 11.8. The highest BCUT2D eigenvalue weighted by molar-refractivity contribution is 5.82. The van der Waals surface area contributed by atoms with E-state index in [0.29, 0.717) is 13.0 Å². The van der Waals surface area contributed by atoms with Gasteiger partial charge in [0.1, 0.15) is 17.5 Å². The number of benzene rings is 1.